The molecule has 9 heteroatoms. The number of carbonyl (C=O) groups is 3. The predicted octanol–water partition coefficient (Wildman–Crippen LogP) is 4.00. The van der Waals surface area contributed by atoms with Crippen LogP contribution in [0.4, 0.5) is 18.9 Å². The highest BCUT2D eigenvalue weighted by Crippen LogP contribution is 2.29. The van der Waals surface area contributed by atoms with E-state index in [0.717, 1.165) is 36.3 Å². The second-order valence-electron chi connectivity index (χ2n) is 8.67. The van der Waals surface area contributed by atoms with Crippen molar-refractivity contribution < 1.29 is 27.6 Å². The minimum Gasteiger partial charge on any atom is -0.352 e. The Labute approximate surface area is 195 Å². The zero-order chi connectivity index (χ0) is 24.3. The number of hydrogen-bond acceptors (Lipinski definition) is 3. The summed E-state index contributed by atoms with van der Waals surface area (Å²) >= 11 is 0. The van der Waals surface area contributed by atoms with Gasteiger partial charge < -0.3 is 15.1 Å². The first-order chi connectivity index (χ1) is 16.2. The van der Waals surface area contributed by atoms with Gasteiger partial charge in [0.05, 0.1) is 5.56 Å². The van der Waals surface area contributed by atoms with Crippen molar-refractivity contribution >= 4 is 23.4 Å². The number of amides is 3. The molecule has 0 radical (unpaired) electrons. The van der Waals surface area contributed by atoms with Gasteiger partial charge in [-0.25, -0.2) is 0 Å². The Hall–Kier alpha value is -3.36. The summed E-state index contributed by atoms with van der Waals surface area (Å²) in [5.41, 5.74) is 1.20. The molecule has 4 rings (SSSR count). The van der Waals surface area contributed by atoms with Gasteiger partial charge in [0.25, 0.3) is 5.91 Å². The Morgan fingerprint density at radius 3 is 2.15 bits per heavy atom. The van der Waals surface area contributed by atoms with E-state index in [1.54, 1.807) is 9.80 Å². The van der Waals surface area contributed by atoms with Gasteiger partial charge in [-0.15, -0.1) is 0 Å². The number of likely N-dealkylation sites (tertiary alicyclic amines) is 1. The minimum absolute atomic E-state index is 0.0829. The zero-order valence-corrected chi connectivity index (χ0v) is 18.6. The highest BCUT2D eigenvalue weighted by Gasteiger charge is 2.31. The predicted molar refractivity (Wildman–Crippen MR) is 120 cm³/mol. The lowest BCUT2D eigenvalue weighted by Crippen LogP contribution is -2.42. The molecule has 0 saturated carbocycles. The number of benzene rings is 2. The van der Waals surface area contributed by atoms with Gasteiger partial charge in [0, 0.05) is 49.8 Å². The molecule has 6 nitrogen and oxygen atoms in total. The lowest BCUT2D eigenvalue weighted by molar-refractivity contribution is -0.137. The standard InChI is InChI=1S/C25H26F3N3O3/c26-25(27,28)20-7-5-19(6-8-20)24(34)30-14-11-18(12-15-30)23(33)29-16-17-3-9-21(10-4-17)31-13-1-2-22(31)32/h3-10,18H,1-2,11-16H2,(H,29,33). The van der Waals surface area contributed by atoms with E-state index < -0.39 is 11.7 Å². The van der Waals surface area contributed by atoms with Gasteiger partial charge in [-0.3, -0.25) is 14.4 Å². The summed E-state index contributed by atoms with van der Waals surface area (Å²) in [5.74, 6) is -0.507. The average Bonchev–Trinajstić information content (AvgIpc) is 3.28. The van der Waals surface area contributed by atoms with Crippen LogP contribution in [0.3, 0.4) is 0 Å². The van der Waals surface area contributed by atoms with Crippen molar-refractivity contribution in [2.45, 2.75) is 38.4 Å². The van der Waals surface area contributed by atoms with Crippen molar-refractivity contribution in [2.24, 2.45) is 5.92 Å². The van der Waals surface area contributed by atoms with Crippen molar-refractivity contribution in [1.29, 1.82) is 0 Å². The van der Waals surface area contributed by atoms with Crippen molar-refractivity contribution in [3.8, 4) is 0 Å². The Morgan fingerprint density at radius 2 is 1.59 bits per heavy atom. The quantitative estimate of drug-likeness (QED) is 0.714. The first kappa shape index (κ1) is 23.8. The van der Waals surface area contributed by atoms with E-state index in [-0.39, 0.29) is 29.2 Å². The van der Waals surface area contributed by atoms with Crippen LogP contribution in [0.25, 0.3) is 0 Å². The average molecular weight is 473 g/mol. The molecule has 2 aromatic carbocycles. The van der Waals surface area contributed by atoms with Crippen molar-refractivity contribution in [3.05, 3.63) is 65.2 Å². The summed E-state index contributed by atoms with van der Waals surface area (Å²) in [5, 5.41) is 2.93. The van der Waals surface area contributed by atoms with Crippen LogP contribution >= 0.6 is 0 Å². The molecule has 1 N–H and O–H groups in total. The molecule has 2 saturated heterocycles. The monoisotopic (exact) mass is 473 g/mol. The molecule has 180 valence electrons. The Bertz CT molecular complexity index is 1040. The molecule has 0 aromatic heterocycles. The molecular formula is C25H26F3N3O3. The molecule has 0 unspecified atom stereocenters. The summed E-state index contributed by atoms with van der Waals surface area (Å²) in [6.07, 6.45) is -2.01. The van der Waals surface area contributed by atoms with E-state index in [1.165, 1.54) is 12.1 Å². The molecule has 2 fully saturated rings. The molecule has 2 heterocycles. The number of nitrogens with zero attached hydrogens (tertiary/aromatic N) is 2. The number of anilines is 1. The molecule has 2 aromatic rings. The maximum atomic E-state index is 12.7. The Morgan fingerprint density at radius 1 is 0.941 bits per heavy atom. The summed E-state index contributed by atoms with van der Waals surface area (Å²) in [6, 6.07) is 11.8. The topological polar surface area (TPSA) is 69.7 Å². The molecule has 0 atom stereocenters. The SMILES string of the molecule is O=C(NCc1ccc(N2CCCC2=O)cc1)C1CCN(C(=O)c2ccc(C(F)(F)F)cc2)CC1. The third-order valence-electron chi connectivity index (χ3n) is 6.40. The summed E-state index contributed by atoms with van der Waals surface area (Å²) in [7, 11) is 0. The van der Waals surface area contributed by atoms with Crippen LogP contribution in [0, 0.1) is 5.92 Å². The molecule has 0 aliphatic carbocycles. The van der Waals surface area contributed by atoms with Crippen LogP contribution in [-0.4, -0.2) is 42.3 Å². The van der Waals surface area contributed by atoms with Crippen molar-refractivity contribution in [3.63, 3.8) is 0 Å². The van der Waals surface area contributed by atoms with E-state index in [1.807, 2.05) is 24.3 Å². The summed E-state index contributed by atoms with van der Waals surface area (Å²) in [4.78, 5) is 40.4. The second kappa shape index (κ2) is 9.87. The first-order valence-electron chi connectivity index (χ1n) is 11.4. The fraction of sp³-hybridized carbons (Fsp3) is 0.400. The molecule has 3 amide bonds. The normalized spacial score (nSPS) is 17.2. The maximum Gasteiger partial charge on any atom is 0.416 e. The van der Waals surface area contributed by atoms with Gasteiger partial charge in [-0.1, -0.05) is 12.1 Å². The van der Waals surface area contributed by atoms with E-state index in [4.69, 9.17) is 0 Å². The molecular weight excluding hydrogens is 447 g/mol. The highest BCUT2D eigenvalue weighted by molar-refractivity contribution is 5.95. The molecule has 2 aliphatic rings. The van der Waals surface area contributed by atoms with Crippen LogP contribution in [0.5, 0.6) is 0 Å². The van der Waals surface area contributed by atoms with Crippen LogP contribution in [-0.2, 0) is 22.3 Å². The number of hydrogen-bond donors (Lipinski definition) is 1. The van der Waals surface area contributed by atoms with Crippen LogP contribution < -0.4 is 10.2 Å². The highest BCUT2D eigenvalue weighted by atomic mass is 19.4. The number of nitrogens with one attached hydrogen (secondary N) is 1. The molecule has 0 spiro atoms. The largest absolute Gasteiger partial charge is 0.416 e. The second-order valence-corrected chi connectivity index (χ2v) is 8.67. The molecule has 0 bridgehead atoms. The molecule has 34 heavy (non-hydrogen) atoms. The number of alkyl halides is 3. The van der Waals surface area contributed by atoms with Crippen LogP contribution in [0.15, 0.2) is 48.5 Å². The zero-order valence-electron chi connectivity index (χ0n) is 18.6. The lowest BCUT2D eigenvalue weighted by atomic mass is 9.95. The summed E-state index contributed by atoms with van der Waals surface area (Å²) < 4.78 is 38.1. The smallest absolute Gasteiger partial charge is 0.352 e. The first-order valence-corrected chi connectivity index (χ1v) is 11.4. The van der Waals surface area contributed by atoms with E-state index >= 15 is 0 Å². The minimum atomic E-state index is -4.44. The molecule has 2 aliphatic heterocycles. The van der Waals surface area contributed by atoms with Gasteiger partial charge in [0.2, 0.25) is 11.8 Å². The maximum absolute atomic E-state index is 12.7. The van der Waals surface area contributed by atoms with Gasteiger partial charge in [-0.05, 0) is 61.2 Å². The number of piperidine rings is 1. The Balaban J connectivity index is 1.24. The summed E-state index contributed by atoms with van der Waals surface area (Å²) in [6.45, 7) is 1.85. The van der Waals surface area contributed by atoms with E-state index in [9.17, 15) is 27.6 Å². The van der Waals surface area contributed by atoms with Gasteiger partial charge in [0.15, 0.2) is 0 Å². The van der Waals surface area contributed by atoms with Crippen LogP contribution in [0.2, 0.25) is 0 Å². The van der Waals surface area contributed by atoms with Crippen LogP contribution in [0.1, 0.15) is 47.2 Å². The van der Waals surface area contributed by atoms with E-state index in [2.05, 4.69) is 5.32 Å². The fourth-order valence-corrected chi connectivity index (χ4v) is 4.38. The fourth-order valence-electron chi connectivity index (χ4n) is 4.38. The Kier molecular flexibility index (Phi) is 6.90. The van der Waals surface area contributed by atoms with Gasteiger partial charge in [-0.2, -0.15) is 13.2 Å². The van der Waals surface area contributed by atoms with Crippen molar-refractivity contribution in [1.82, 2.24) is 10.2 Å². The number of rotatable bonds is 5. The van der Waals surface area contributed by atoms with Crippen molar-refractivity contribution in [2.75, 3.05) is 24.5 Å². The third-order valence-corrected chi connectivity index (χ3v) is 6.40. The van der Waals surface area contributed by atoms with E-state index in [0.29, 0.717) is 38.9 Å². The van der Waals surface area contributed by atoms with Gasteiger partial charge >= 0.3 is 6.18 Å². The number of halogens is 3. The lowest BCUT2D eigenvalue weighted by Gasteiger charge is -2.31. The van der Waals surface area contributed by atoms with Gasteiger partial charge in [0.1, 0.15) is 0 Å². The number of carbonyl (C=O) groups excluding carboxylic acids is 3. The third kappa shape index (κ3) is 5.40.